The van der Waals surface area contributed by atoms with Crippen LogP contribution >= 0.6 is 0 Å². The van der Waals surface area contributed by atoms with Crippen molar-refractivity contribution >= 4 is 11.7 Å². The molecule has 1 unspecified atom stereocenters. The molecule has 0 aliphatic carbocycles. The number of methoxy groups -OCH3 is 1. The standard InChI is InChI=1S/C21H22N4O3/c1-15-6-8-18(9-7-15)25-10-11-28-20(25)19-14-24(23-22-19)13-16-4-3-5-17(12-16)21(26)27-2/h3-9,12,14,20H,10-11,13H2,1-2H3. The van der Waals surface area contributed by atoms with Crippen LogP contribution in [0.4, 0.5) is 5.69 Å². The molecule has 7 heteroatoms. The van der Waals surface area contributed by atoms with Crippen LogP contribution in [0.2, 0.25) is 0 Å². The maximum Gasteiger partial charge on any atom is 0.337 e. The first-order valence-corrected chi connectivity index (χ1v) is 9.16. The fourth-order valence-electron chi connectivity index (χ4n) is 3.32. The highest BCUT2D eigenvalue weighted by atomic mass is 16.5. The van der Waals surface area contributed by atoms with Crippen LogP contribution in [0.25, 0.3) is 0 Å². The van der Waals surface area contributed by atoms with Gasteiger partial charge in [-0.25, -0.2) is 9.48 Å². The summed E-state index contributed by atoms with van der Waals surface area (Å²) in [4.78, 5) is 13.9. The Bertz CT molecular complexity index is 968. The molecule has 1 aliphatic heterocycles. The van der Waals surface area contributed by atoms with Gasteiger partial charge in [-0.15, -0.1) is 5.10 Å². The van der Waals surface area contributed by atoms with Gasteiger partial charge in [0.05, 0.1) is 32.0 Å². The van der Waals surface area contributed by atoms with Crippen LogP contribution in [0, 0.1) is 6.92 Å². The maximum absolute atomic E-state index is 11.7. The predicted molar refractivity (Wildman–Crippen MR) is 104 cm³/mol. The van der Waals surface area contributed by atoms with Gasteiger partial charge in [0.1, 0.15) is 5.69 Å². The quantitative estimate of drug-likeness (QED) is 0.636. The zero-order valence-electron chi connectivity index (χ0n) is 15.9. The maximum atomic E-state index is 11.7. The van der Waals surface area contributed by atoms with E-state index in [1.807, 2.05) is 18.3 Å². The molecule has 144 valence electrons. The van der Waals surface area contributed by atoms with Crippen molar-refractivity contribution in [2.75, 3.05) is 25.2 Å². The van der Waals surface area contributed by atoms with Crippen molar-refractivity contribution in [1.82, 2.24) is 15.0 Å². The molecule has 1 atom stereocenters. The van der Waals surface area contributed by atoms with E-state index in [0.717, 1.165) is 23.5 Å². The molecule has 0 bridgehead atoms. The second-order valence-corrected chi connectivity index (χ2v) is 6.79. The summed E-state index contributed by atoms with van der Waals surface area (Å²) in [5.41, 5.74) is 4.56. The summed E-state index contributed by atoms with van der Waals surface area (Å²) >= 11 is 0. The third-order valence-electron chi connectivity index (χ3n) is 4.76. The van der Waals surface area contributed by atoms with Crippen molar-refractivity contribution in [3.8, 4) is 0 Å². The molecule has 0 saturated carbocycles. The molecule has 0 radical (unpaired) electrons. The number of hydrogen-bond donors (Lipinski definition) is 0. The van der Waals surface area contributed by atoms with Gasteiger partial charge in [-0.05, 0) is 36.8 Å². The first kappa shape index (κ1) is 18.2. The van der Waals surface area contributed by atoms with Crippen LogP contribution in [-0.2, 0) is 16.0 Å². The van der Waals surface area contributed by atoms with E-state index in [9.17, 15) is 4.79 Å². The van der Waals surface area contributed by atoms with Gasteiger partial charge in [0.15, 0.2) is 6.23 Å². The van der Waals surface area contributed by atoms with E-state index < -0.39 is 0 Å². The van der Waals surface area contributed by atoms with Crippen molar-refractivity contribution in [2.45, 2.75) is 19.7 Å². The molecule has 1 aromatic heterocycles. The Balaban J connectivity index is 1.51. The molecule has 4 rings (SSSR count). The summed E-state index contributed by atoms with van der Waals surface area (Å²) in [7, 11) is 1.38. The SMILES string of the molecule is COC(=O)c1cccc(Cn2cc(C3OCCN3c3ccc(C)cc3)nn2)c1. The molecular weight excluding hydrogens is 356 g/mol. The fourth-order valence-corrected chi connectivity index (χ4v) is 3.32. The van der Waals surface area contributed by atoms with Gasteiger partial charge in [0.25, 0.3) is 0 Å². The minimum atomic E-state index is -0.353. The van der Waals surface area contributed by atoms with Crippen molar-refractivity contribution in [1.29, 1.82) is 0 Å². The summed E-state index contributed by atoms with van der Waals surface area (Å²) in [5, 5.41) is 8.55. The molecule has 3 aromatic rings. The normalized spacial score (nSPS) is 16.4. The summed E-state index contributed by atoms with van der Waals surface area (Å²) < 4.78 is 12.4. The monoisotopic (exact) mass is 378 g/mol. The second kappa shape index (κ2) is 7.82. The van der Waals surface area contributed by atoms with Crippen molar-refractivity contribution in [3.63, 3.8) is 0 Å². The molecule has 0 spiro atoms. The van der Waals surface area contributed by atoms with Crippen LogP contribution in [0.5, 0.6) is 0 Å². The Labute approximate surface area is 163 Å². The molecule has 28 heavy (non-hydrogen) atoms. The Morgan fingerprint density at radius 3 is 2.86 bits per heavy atom. The van der Waals surface area contributed by atoms with Crippen LogP contribution in [0.15, 0.2) is 54.7 Å². The third kappa shape index (κ3) is 3.75. The predicted octanol–water partition coefficient (Wildman–Crippen LogP) is 2.96. The van der Waals surface area contributed by atoms with Gasteiger partial charge in [0, 0.05) is 12.2 Å². The largest absolute Gasteiger partial charge is 0.465 e. The minimum absolute atomic E-state index is 0.252. The second-order valence-electron chi connectivity index (χ2n) is 6.79. The molecule has 2 heterocycles. The number of esters is 1. The van der Waals surface area contributed by atoms with Gasteiger partial charge in [-0.3, -0.25) is 0 Å². The van der Waals surface area contributed by atoms with Crippen molar-refractivity contribution in [2.24, 2.45) is 0 Å². The number of anilines is 1. The van der Waals surface area contributed by atoms with Crippen LogP contribution < -0.4 is 4.90 Å². The number of ether oxygens (including phenoxy) is 2. The van der Waals surface area contributed by atoms with E-state index in [2.05, 4.69) is 46.4 Å². The van der Waals surface area contributed by atoms with Gasteiger partial charge in [0.2, 0.25) is 0 Å². The van der Waals surface area contributed by atoms with E-state index in [1.165, 1.54) is 12.7 Å². The van der Waals surface area contributed by atoms with Gasteiger partial charge >= 0.3 is 5.97 Å². The highest BCUT2D eigenvalue weighted by Gasteiger charge is 2.29. The zero-order chi connectivity index (χ0) is 19.5. The van der Waals surface area contributed by atoms with Crippen LogP contribution in [0.3, 0.4) is 0 Å². The molecule has 0 N–H and O–H groups in total. The number of carbonyl (C=O) groups is 1. The zero-order valence-corrected chi connectivity index (χ0v) is 15.9. The average molecular weight is 378 g/mol. The molecule has 1 saturated heterocycles. The van der Waals surface area contributed by atoms with Gasteiger partial charge < -0.3 is 14.4 Å². The number of benzene rings is 2. The van der Waals surface area contributed by atoms with E-state index in [-0.39, 0.29) is 12.2 Å². The Morgan fingerprint density at radius 1 is 1.25 bits per heavy atom. The summed E-state index contributed by atoms with van der Waals surface area (Å²) in [6.07, 6.45) is 1.64. The van der Waals surface area contributed by atoms with Gasteiger partial charge in [-0.1, -0.05) is 35.0 Å². The molecule has 1 fully saturated rings. The third-order valence-corrected chi connectivity index (χ3v) is 4.76. The van der Waals surface area contributed by atoms with E-state index in [4.69, 9.17) is 9.47 Å². The summed E-state index contributed by atoms with van der Waals surface area (Å²) in [5.74, 6) is -0.353. The lowest BCUT2D eigenvalue weighted by molar-refractivity contribution is 0.0600. The lowest BCUT2D eigenvalue weighted by atomic mass is 10.1. The molecular formula is C21H22N4O3. The highest BCUT2D eigenvalue weighted by Crippen LogP contribution is 2.31. The smallest absolute Gasteiger partial charge is 0.337 e. The fraction of sp³-hybridized carbons (Fsp3) is 0.286. The van der Waals surface area contributed by atoms with Crippen LogP contribution in [0.1, 0.15) is 33.4 Å². The van der Waals surface area contributed by atoms with Crippen molar-refractivity contribution in [3.05, 3.63) is 77.1 Å². The van der Waals surface area contributed by atoms with Crippen LogP contribution in [-0.4, -0.2) is 41.2 Å². The molecule has 2 aromatic carbocycles. The van der Waals surface area contributed by atoms with E-state index in [1.54, 1.807) is 16.8 Å². The lowest BCUT2D eigenvalue weighted by Crippen LogP contribution is -2.23. The van der Waals surface area contributed by atoms with E-state index in [0.29, 0.717) is 18.7 Å². The number of aromatic nitrogens is 3. The molecule has 1 aliphatic rings. The first-order valence-electron chi connectivity index (χ1n) is 9.16. The Morgan fingerprint density at radius 2 is 2.07 bits per heavy atom. The molecule has 7 nitrogen and oxygen atoms in total. The van der Waals surface area contributed by atoms with Crippen molar-refractivity contribution < 1.29 is 14.3 Å². The minimum Gasteiger partial charge on any atom is -0.465 e. The topological polar surface area (TPSA) is 69.5 Å². The number of aryl methyl sites for hydroxylation is 1. The average Bonchev–Trinajstić information content (AvgIpc) is 3.37. The first-order chi connectivity index (χ1) is 13.6. The Kier molecular flexibility index (Phi) is 5.08. The number of hydrogen-bond acceptors (Lipinski definition) is 6. The van der Waals surface area contributed by atoms with E-state index >= 15 is 0 Å². The highest BCUT2D eigenvalue weighted by molar-refractivity contribution is 5.89. The molecule has 0 amide bonds. The number of rotatable bonds is 5. The summed E-state index contributed by atoms with van der Waals surface area (Å²) in [6, 6.07) is 15.7. The summed E-state index contributed by atoms with van der Waals surface area (Å²) in [6.45, 7) is 4.03. The van der Waals surface area contributed by atoms with Gasteiger partial charge in [-0.2, -0.15) is 0 Å². The Hall–Kier alpha value is -3.19. The number of nitrogens with zero attached hydrogens (tertiary/aromatic N) is 4. The number of carbonyl (C=O) groups excluding carboxylic acids is 1. The lowest BCUT2D eigenvalue weighted by Gasteiger charge is -2.23.